The summed E-state index contributed by atoms with van der Waals surface area (Å²) in [5, 5.41) is 7.73. The van der Waals surface area contributed by atoms with Crippen molar-refractivity contribution in [3.8, 4) is 22.8 Å². The van der Waals surface area contributed by atoms with E-state index in [-0.39, 0.29) is 0 Å². The lowest BCUT2D eigenvalue weighted by Crippen LogP contribution is -1.99. The summed E-state index contributed by atoms with van der Waals surface area (Å²) < 4.78 is 11.4. The van der Waals surface area contributed by atoms with E-state index in [4.69, 9.17) is 21.1 Å². The van der Waals surface area contributed by atoms with Gasteiger partial charge >= 0.3 is 0 Å². The summed E-state index contributed by atoms with van der Waals surface area (Å²) in [7, 11) is 1.62. The predicted molar refractivity (Wildman–Crippen MR) is 128 cm³/mol. The first-order chi connectivity index (χ1) is 15.2. The van der Waals surface area contributed by atoms with Crippen molar-refractivity contribution >= 4 is 34.3 Å². The van der Waals surface area contributed by atoms with Crippen molar-refractivity contribution in [3.05, 3.63) is 94.3 Å². The SMILES string of the molecule is COc1ccc(C=NNc2nc(-c3ccccc3)cs2)cc1OCc1ccc(Cl)cc1. The van der Waals surface area contributed by atoms with Gasteiger partial charge in [0.2, 0.25) is 5.13 Å². The molecule has 1 heterocycles. The molecule has 156 valence electrons. The smallest absolute Gasteiger partial charge is 0.203 e. The second-order valence-corrected chi connectivity index (χ2v) is 7.89. The van der Waals surface area contributed by atoms with E-state index in [1.165, 1.54) is 11.3 Å². The number of nitrogens with one attached hydrogen (secondary N) is 1. The number of thiazole rings is 1. The number of rotatable bonds is 8. The number of halogens is 1. The van der Waals surface area contributed by atoms with Crippen LogP contribution in [0.3, 0.4) is 0 Å². The first kappa shape index (κ1) is 20.9. The molecule has 1 aromatic heterocycles. The van der Waals surface area contributed by atoms with Gasteiger partial charge in [0, 0.05) is 16.0 Å². The van der Waals surface area contributed by atoms with E-state index in [1.54, 1.807) is 13.3 Å². The van der Waals surface area contributed by atoms with Gasteiger partial charge in [0.1, 0.15) is 6.61 Å². The second-order valence-electron chi connectivity index (χ2n) is 6.60. The Labute approximate surface area is 190 Å². The van der Waals surface area contributed by atoms with Gasteiger partial charge in [0.15, 0.2) is 11.5 Å². The minimum absolute atomic E-state index is 0.410. The zero-order valence-corrected chi connectivity index (χ0v) is 18.4. The van der Waals surface area contributed by atoms with E-state index >= 15 is 0 Å². The van der Waals surface area contributed by atoms with Crippen molar-refractivity contribution < 1.29 is 9.47 Å². The van der Waals surface area contributed by atoms with Crippen LogP contribution in [0.4, 0.5) is 5.13 Å². The largest absolute Gasteiger partial charge is 0.493 e. The van der Waals surface area contributed by atoms with E-state index in [0.717, 1.165) is 27.5 Å². The fraction of sp³-hybridized carbons (Fsp3) is 0.0833. The fourth-order valence-corrected chi connectivity index (χ4v) is 3.65. The van der Waals surface area contributed by atoms with E-state index < -0.39 is 0 Å². The van der Waals surface area contributed by atoms with Gasteiger partial charge in [-0.05, 0) is 41.5 Å². The third-order valence-corrected chi connectivity index (χ3v) is 5.44. The molecule has 0 spiro atoms. The Morgan fingerprint density at radius 3 is 2.61 bits per heavy atom. The highest BCUT2D eigenvalue weighted by molar-refractivity contribution is 7.14. The number of ether oxygens (including phenoxy) is 2. The molecule has 31 heavy (non-hydrogen) atoms. The number of aromatic nitrogens is 1. The minimum Gasteiger partial charge on any atom is -0.493 e. The van der Waals surface area contributed by atoms with Crippen LogP contribution in [0, 0.1) is 0 Å². The van der Waals surface area contributed by atoms with Crippen molar-refractivity contribution in [2.45, 2.75) is 6.61 Å². The molecule has 0 aliphatic carbocycles. The lowest BCUT2D eigenvalue weighted by atomic mass is 10.2. The van der Waals surface area contributed by atoms with Crippen molar-refractivity contribution in [1.29, 1.82) is 0 Å². The lowest BCUT2D eigenvalue weighted by molar-refractivity contribution is 0.284. The second kappa shape index (κ2) is 10.1. The first-order valence-electron chi connectivity index (χ1n) is 9.56. The molecular formula is C24H20ClN3O2S. The van der Waals surface area contributed by atoms with Gasteiger partial charge < -0.3 is 9.47 Å². The standard InChI is InChI=1S/C24H20ClN3O2S/c1-29-22-12-9-18(13-23(22)30-15-17-7-10-20(25)11-8-17)14-26-28-24-27-21(16-31-24)19-5-3-2-4-6-19/h2-14,16H,15H2,1H3,(H,27,28). The average Bonchev–Trinajstić information content (AvgIpc) is 3.28. The zero-order valence-electron chi connectivity index (χ0n) is 16.8. The zero-order chi connectivity index (χ0) is 21.5. The molecule has 0 saturated carbocycles. The number of methoxy groups -OCH3 is 1. The molecule has 4 rings (SSSR count). The van der Waals surface area contributed by atoms with Gasteiger partial charge in [0.25, 0.3) is 0 Å². The Morgan fingerprint density at radius 1 is 1.03 bits per heavy atom. The molecule has 3 aromatic carbocycles. The molecule has 0 aliphatic heterocycles. The Balaban J connectivity index is 1.41. The number of hydrogen-bond donors (Lipinski definition) is 1. The molecule has 0 fully saturated rings. The van der Waals surface area contributed by atoms with Crippen LogP contribution >= 0.6 is 22.9 Å². The molecule has 4 aromatic rings. The maximum Gasteiger partial charge on any atom is 0.203 e. The molecule has 7 heteroatoms. The third-order valence-electron chi connectivity index (χ3n) is 4.44. The van der Waals surface area contributed by atoms with Crippen molar-refractivity contribution in [2.75, 3.05) is 12.5 Å². The van der Waals surface area contributed by atoms with Gasteiger partial charge in [-0.2, -0.15) is 5.10 Å². The molecule has 0 saturated heterocycles. The Hall–Kier alpha value is -3.35. The summed E-state index contributed by atoms with van der Waals surface area (Å²) in [5.41, 5.74) is 6.88. The molecule has 1 N–H and O–H groups in total. The van der Waals surface area contributed by atoms with Crippen LogP contribution in [-0.4, -0.2) is 18.3 Å². The van der Waals surface area contributed by atoms with Crippen LogP contribution in [0.5, 0.6) is 11.5 Å². The molecular weight excluding hydrogens is 430 g/mol. The molecule has 0 amide bonds. The van der Waals surface area contributed by atoms with Crippen LogP contribution in [0.2, 0.25) is 5.02 Å². The first-order valence-corrected chi connectivity index (χ1v) is 10.8. The highest BCUT2D eigenvalue weighted by atomic mass is 35.5. The summed E-state index contributed by atoms with van der Waals surface area (Å²) >= 11 is 7.44. The van der Waals surface area contributed by atoms with E-state index in [1.807, 2.05) is 78.2 Å². The van der Waals surface area contributed by atoms with Crippen LogP contribution in [0.1, 0.15) is 11.1 Å². The Morgan fingerprint density at radius 2 is 1.84 bits per heavy atom. The van der Waals surface area contributed by atoms with Crippen LogP contribution in [-0.2, 0) is 6.61 Å². The predicted octanol–water partition coefficient (Wildman–Crippen LogP) is 6.50. The number of anilines is 1. The number of hydrogen-bond acceptors (Lipinski definition) is 6. The summed E-state index contributed by atoms with van der Waals surface area (Å²) in [6, 6.07) is 23.2. The highest BCUT2D eigenvalue weighted by Crippen LogP contribution is 2.29. The molecule has 0 atom stereocenters. The van der Waals surface area contributed by atoms with E-state index in [9.17, 15) is 0 Å². The summed E-state index contributed by atoms with van der Waals surface area (Å²) in [6.45, 7) is 0.410. The summed E-state index contributed by atoms with van der Waals surface area (Å²) in [4.78, 5) is 4.57. The average molecular weight is 450 g/mol. The molecule has 0 bridgehead atoms. The van der Waals surface area contributed by atoms with Gasteiger partial charge in [-0.3, -0.25) is 5.43 Å². The summed E-state index contributed by atoms with van der Waals surface area (Å²) in [6.07, 6.45) is 1.72. The van der Waals surface area contributed by atoms with Crippen LogP contribution in [0.15, 0.2) is 83.3 Å². The Bertz CT molecular complexity index is 1160. The quantitative estimate of drug-likeness (QED) is 0.246. The van der Waals surface area contributed by atoms with Crippen LogP contribution < -0.4 is 14.9 Å². The van der Waals surface area contributed by atoms with Gasteiger partial charge in [-0.15, -0.1) is 11.3 Å². The minimum atomic E-state index is 0.410. The molecule has 0 radical (unpaired) electrons. The third kappa shape index (κ3) is 5.63. The van der Waals surface area contributed by atoms with E-state index in [0.29, 0.717) is 23.1 Å². The molecule has 0 unspecified atom stereocenters. The normalized spacial score (nSPS) is 10.9. The van der Waals surface area contributed by atoms with Gasteiger partial charge in [-0.25, -0.2) is 4.98 Å². The number of benzene rings is 3. The van der Waals surface area contributed by atoms with E-state index in [2.05, 4.69) is 15.5 Å². The molecule has 0 aliphatic rings. The topological polar surface area (TPSA) is 55.7 Å². The molecule has 5 nitrogen and oxygen atoms in total. The van der Waals surface area contributed by atoms with Gasteiger partial charge in [-0.1, -0.05) is 54.1 Å². The Kier molecular flexibility index (Phi) is 6.82. The lowest BCUT2D eigenvalue weighted by Gasteiger charge is -2.11. The summed E-state index contributed by atoms with van der Waals surface area (Å²) in [5.74, 6) is 1.30. The fourth-order valence-electron chi connectivity index (χ4n) is 2.86. The highest BCUT2D eigenvalue weighted by Gasteiger charge is 2.07. The maximum atomic E-state index is 5.95. The maximum absolute atomic E-state index is 5.95. The van der Waals surface area contributed by atoms with Gasteiger partial charge in [0.05, 0.1) is 19.0 Å². The van der Waals surface area contributed by atoms with Crippen molar-refractivity contribution in [1.82, 2.24) is 4.98 Å². The number of nitrogens with zero attached hydrogens (tertiary/aromatic N) is 2. The van der Waals surface area contributed by atoms with Crippen molar-refractivity contribution in [2.24, 2.45) is 5.10 Å². The monoisotopic (exact) mass is 449 g/mol. The van der Waals surface area contributed by atoms with Crippen LogP contribution in [0.25, 0.3) is 11.3 Å². The van der Waals surface area contributed by atoms with Crippen molar-refractivity contribution in [3.63, 3.8) is 0 Å². The number of hydrazone groups is 1.